The Labute approximate surface area is 192 Å². The number of piperidine rings is 1. The predicted octanol–water partition coefficient (Wildman–Crippen LogP) is 5.66. The van der Waals surface area contributed by atoms with Crippen molar-refractivity contribution >= 4 is 12.0 Å². The summed E-state index contributed by atoms with van der Waals surface area (Å²) >= 11 is 0. The molecule has 2 heterocycles. The molecule has 1 amide bonds. The van der Waals surface area contributed by atoms with Gasteiger partial charge in [0.15, 0.2) is 0 Å². The molecule has 1 aliphatic heterocycles. The van der Waals surface area contributed by atoms with Gasteiger partial charge in [0.25, 0.3) is 0 Å². The summed E-state index contributed by atoms with van der Waals surface area (Å²) in [5.74, 6) is 1.92. The number of carbonyl (C=O) groups excluding carboxylic acids is 1. The molecule has 0 aromatic carbocycles. The molecule has 0 spiro atoms. The van der Waals surface area contributed by atoms with Gasteiger partial charge in [-0.1, -0.05) is 11.1 Å². The maximum atomic E-state index is 13.0. The largest absolute Gasteiger partial charge is 0.472 e. The van der Waals surface area contributed by atoms with E-state index in [4.69, 9.17) is 4.42 Å². The van der Waals surface area contributed by atoms with Crippen LogP contribution in [0.2, 0.25) is 0 Å². The summed E-state index contributed by atoms with van der Waals surface area (Å²) in [6, 6.07) is 3.02. The van der Waals surface area contributed by atoms with Crippen LogP contribution < -0.4 is 0 Å². The molecule has 0 radical (unpaired) electrons. The number of hydrogen-bond donors (Lipinski definition) is 0. The van der Waals surface area contributed by atoms with E-state index in [2.05, 4.69) is 4.90 Å². The lowest BCUT2D eigenvalue weighted by Crippen LogP contribution is -2.61. The number of carbonyl (C=O) groups is 1. The van der Waals surface area contributed by atoms with E-state index >= 15 is 0 Å². The smallest absolute Gasteiger partial charge is 0.246 e. The van der Waals surface area contributed by atoms with Crippen molar-refractivity contribution in [2.24, 2.45) is 17.3 Å². The fourth-order valence-electron chi connectivity index (χ4n) is 7.77. The third-order valence-electron chi connectivity index (χ3n) is 9.58. The molecule has 3 fully saturated rings. The number of allylic oxidation sites excluding steroid dienone is 1. The van der Waals surface area contributed by atoms with E-state index in [1.807, 2.05) is 35.2 Å². The summed E-state index contributed by atoms with van der Waals surface area (Å²) in [6.07, 6.45) is 21.6. The Bertz CT molecular complexity index is 912. The molecule has 172 valence electrons. The predicted molar refractivity (Wildman–Crippen MR) is 127 cm³/mol. The zero-order chi connectivity index (χ0) is 21.7. The molecular weight excluding hydrogens is 396 g/mol. The Morgan fingerprint density at radius 2 is 2.12 bits per heavy atom. The molecule has 5 aliphatic rings. The van der Waals surface area contributed by atoms with Gasteiger partial charge in [0.1, 0.15) is 0 Å². The van der Waals surface area contributed by atoms with Crippen molar-refractivity contribution in [3.05, 3.63) is 41.4 Å². The first-order valence-corrected chi connectivity index (χ1v) is 13.1. The Kier molecular flexibility index (Phi) is 5.32. The quantitative estimate of drug-likeness (QED) is 0.443. The molecule has 2 saturated carbocycles. The summed E-state index contributed by atoms with van der Waals surface area (Å²) in [7, 11) is 2.03. The summed E-state index contributed by atoms with van der Waals surface area (Å²) < 4.78 is 5.13. The van der Waals surface area contributed by atoms with Crippen molar-refractivity contribution in [3.8, 4) is 0 Å². The van der Waals surface area contributed by atoms with Crippen LogP contribution >= 0.6 is 0 Å². The fraction of sp³-hybridized carbons (Fsp3) is 0.679. The van der Waals surface area contributed by atoms with Gasteiger partial charge >= 0.3 is 0 Å². The number of hydrogen-bond acceptors (Lipinski definition) is 3. The van der Waals surface area contributed by atoms with Crippen molar-refractivity contribution in [2.75, 3.05) is 20.1 Å². The number of amides is 1. The first kappa shape index (κ1) is 20.8. The van der Waals surface area contributed by atoms with Gasteiger partial charge in [-0.3, -0.25) is 9.69 Å². The zero-order valence-electron chi connectivity index (χ0n) is 19.6. The molecule has 1 aromatic heterocycles. The molecule has 6 rings (SSSR count). The Hall–Kier alpha value is -1.81. The third kappa shape index (κ3) is 3.59. The third-order valence-corrected chi connectivity index (χ3v) is 9.58. The number of furan rings is 1. The maximum absolute atomic E-state index is 13.0. The SMILES string of the molecule is CN(C(=O)/C=C/c1ccoc1)[C@@H]1CC[C@H]2[C@H]3CC4=C(CCCC4)[C@@]2(CCN3CC2CC2)C1. The first-order chi connectivity index (χ1) is 15.6. The minimum absolute atomic E-state index is 0.127. The highest BCUT2D eigenvalue weighted by molar-refractivity contribution is 5.91. The Morgan fingerprint density at radius 1 is 1.25 bits per heavy atom. The van der Waals surface area contributed by atoms with Gasteiger partial charge in [0, 0.05) is 37.3 Å². The van der Waals surface area contributed by atoms with E-state index in [0.717, 1.165) is 29.9 Å². The number of nitrogens with zero attached hydrogens (tertiary/aromatic N) is 2. The highest BCUT2D eigenvalue weighted by Crippen LogP contribution is 2.61. The van der Waals surface area contributed by atoms with E-state index in [0.29, 0.717) is 11.5 Å². The summed E-state index contributed by atoms with van der Waals surface area (Å²) in [6.45, 7) is 2.62. The van der Waals surface area contributed by atoms with Gasteiger partial charge in [-0.2, -0.15) is 0 Å². The van der Waals surface area contributed by atoms with Gasteiger partial charge in [0.2, 0.25) is 5.91 Å². The lowest BCUT2D eigenvalue weighted by atomic mass is 9.49. The van der Waals surface area contributed by atoms with E-state index in [9.17, 15) is 4.79 Å². The topological polar surface area (TPSA) is 36.7 Å². The van der Waals surface area contributed by atoms with Gasteiger partial charge < -0.3 is 9.32 Å². The molecule has 4 nitrogen and oxygen atoms in total. The number of likely N-dealkylation sites (N-methyl/N-ethyl adjacent to an activating group) is 1. The molecule has 0 N–H and O–H groups in total. The molecular formula is C28H38N2O2. The van der Waals surface area contributed by atoms with Crippen molar-refractivity contribution in [3.63, 3.8) is 0 Å². The lowest BCUT2D eigenvalue weighted by molar-refractivity contribution is -0.130. The normalized spacial score (nSPS) is 35.0. The Morgan fingerprint density at radius 3 is 2.94 bits per heavy atom. The van der Waals surface area contributed by atoms with Crippen LogP contribution in [0.15, 0.2) is 40.2 Å². The highest BCUT2D eigenvalue weighted by Gasteiger charge is 2.57. The minimum atomic E-state index is 0.127. The second kappa shape index (κ2) is 8.20. The van der Waals surface area contributed by atoms with Gasteiger partial charge in [-0.05, 0) is 107 Å². The van der Waals surface area contributed by atoms with E-state index in [1.165, 1.54) is 77.3 Å². The van der Waals surface area contributed by atoms with Crippen LogP contribution in [-0.4, -0.2) is 47.9 Å². The van der Waals surface area contributed by atoms with Gasteiger partial charge in [-0.15, -0.1) is 0 Å². The van der Waals surface area contributed by atoms with Crippen LogP contribution in [0.25, 0.3) is 6.08 Å². The fourth-order valence-corrected chi connectivity index (χ4v) is 7.77. The molecule has 4 heteroatoms. The van der Waals surface area contributed by atoms with Crippen LogP contribution in [0.4, 0.5) is 0 Å². The van der Waals surface area contributed by atoms with Crippen molar-refractivity contribution in [1.82, 2.24) is 9.80 Å². The summed E-state index contributed by atoms with van der Waals surface area (Å²) in [5, 5.41) is 0. The van der Waals surface area contributed by atoms with Crippen LogP contribution in [0.1, 0.15) is 76.2 Å². The van der Waals surface area contributed by atoms with Crippen LogP contribution in [0.5, 0.6) is 0 Å². The number of rotatable bonds is 5. The first-order valence-electron chi connectivity index (χ1n) is 13.1. The Balaban J connectivity index is 1.25. The van der Waals surface area contributed by atoms with Crippen molar-refractivity contribution in [2.45, 2.75) is 82.7 Å². The molecule has 32 heavy (non-hydrogen) atoms. The number of likely N-dealkylation sites (tertiary alicyclic amines) is 1. The average molecular weight is 435 g/mol. The second-order valence-corrected chi connectivity index (χ2v) is 11.3. The monoisotopic (exact) mass is 434 g/mol. The highest BCUT2D eigenvalue weighted by atomic mass is 16.3. The zero-order valence-corrected chi connectivity index (χ0v) is 19.6. The second-order valence-electron chi connectivity index (χ2n) is 11.3. The van der Waals surface area contributed by atoms with Gasteiger partial charge in [0.05, 0.1) is 12.5 Å². The van der Waals surface area contributed by atoms with Crippen molar-refractivity contribution < 1.29 is 9.21 Å². The molecule has 1 saturated heterocycles. The van der Waals surface area contributed by atoms with Gasteiger partial charge in [-0.25, -0.2) is 0 Å². The average Bonchev–Trinajstić information content (AvgIpc) is 3.49. The van der Waals surface area contributed by atoms with Crippen LogP contribution in [-0.2, 0) is 4.79 Å². The lowest BCUT2D eigenvalue weighted by Gasteiger charge is -2.62. The minimum Gasteiger partial charge on any atom is -0.472 e. The van der Waals surface area contributed by atoms with Crippen LogP contribution in [0.3, 0.4) is 0 Å². The molecule has 2 bridgehead atoms. The molecule has 4 atom stereocenters. The summed E-state index contributed by atoms with van der Waals surface area (Å²) in [5.41, 5.74) is 5.00. The van der Waals surface area contributed by atoms with E-state index < -0.39 is 0 Å². The van der Waals surface area contributed by atoms with E-state index in [-0.39, 0.29) is 5.91 Å². The van der Waals surface area contributed by atoms with E-state index in [1.54, 1.807) is 18.6 Å². The molecule has 1 aromatic rings. The molecule has 0 unspecified atom stereocenters. The standard InChI is InChI=1S/C28H38N2O2/c1-29(27(31)11-8-21-12-15-32-19-21)23-9-10-25-26-16-22-4-2-3-5-24(22)28(25,17-23)13-14-30(26)18-20-6-7-20/h8,11-12,15,19-20,23,25-26H,2-7,9-10,13-14,16-18H2,1H3/b11-8+/t23-,25+,26-,28-/m1/s1. The van der Waals surface area contributed by atoms with Crippen molar-refractivity contribution in [1.29, 1.82) is 0 Å². The van der Waals surface area contributed by atoms with Crippen LogP contribution in [0, 0.1) is 17.3 Å². The molecule has 4 aliphatic carbocycles. The maximum Gasteiger partial charge on any atom is 0.246 e. The summed E-state index contributed by atoms with van der Waals surface area (Å²) in [4.78, 5) is 18.0.